The highest BCUT2D eigenvalue weighted by atomic mass is 16.6. The normalized spacial score (nSPS) is 19.6. The number of benzene rings is 1. The topological polar surface area (TPSA) is 51.0 Å². The largest absolute Gasteiger partial charge is 0.460 e. The van der Waals surface area contributed by atoms with Crippen molar-refractivity contribution in [1.29, 1.82) is 0 Å². The minimum Gasteiger partial charge on any atom is -0.460 e. The Labute approximate surface area is 201 Å². The Morgan fingerprint density at radius 3 is 2.56 bits per heavy atom. The lowest BCUT2D eigenvalue weighted by Crippen LogP contribution is -2.46. The predicted octanol–water partition coefficient (Wildman–Crippen LogP) is 5.48. The Bertz CT molecular complexity index is 1080. The summed E-state index contributed by atoms with van der Waals surface area (Å²) in [4.78, 5) is 4.79. The molecule has 178 valence electrons. The van der Waals surface area contributed by atoms with Crippen molar-refractivity contribution in [3.8, 4) is 0 Å². The van der Waals surface area contributed by atoms with Gasteiger partial charge in [-0.2, -0.15) is 0 Å². The predicted molar refractivity (Wildman–Crippen MR) is 132 cm³/mol. The van der Waals surface area contributed by atoms with E-state index in [-0.39, 0.29) is 5.92 Å². The fraction of sp³-hybridized carbons (Fsp3) is 0.393. The smallest absolute Gasteiger partial charge is 0.231 e. The monoisotopic (exact) mass is 459 g/mol. The van der Waals surface area contributed by atoms with Crippen molar-refractivity contribution in [3.63, 3.8) is 0 Å². The van der Waals surface area contributed by atoms with E-state index >= 15 is 0 Å². The van der Waals surface area contributed by atoms with Crippen LogP contribution < -0.4 is 0 Å². The molecule has 1 aliphatic carbocycles. The van der Waals surface area contributed by atoms with Gasteiger partial charge < -0.3 is 18.9 Å². The van der Waals surface area contributed by atoms with E-state index in [1.54, 1.807) is 12.5 Å². The van der Waals surface area contributed by atoms with Crippen LogP contribution in [0.3, 0.4) is 0 Å². The number of allylic oxidation sites excluding steroid dienone is 4. The molecule has 0 spiro atoms. The summed E-state index contributed by atoms with van der Waals surface area (Å²) in [6, 6.07) is 12.7. The van der Waals surface area contributed by atoms with E-state index in [2.05, 4.69) is 69.6 Å². The Kier molecular flexibility index (Phi) is 7.15. The second-order valence-corrected chi connectivity index (χ2v) is 9.19. The molecular weight excluding hydrogens is 426 g/mol. The summed E-state index contributed by atoms with van der Waals surface area (Å²) in [6.07, 6.45) is 14.1. The van der Waals surface area contributed by atoms with Crippen LogP contribution in [0.5, 0.6) is 0 Å². The van der Waals surface area contributed by atoms with Crippen LogP contribution in [-0.4, -0.2) is 47.7 Å². The van der Waals surface area contributed by atoms with Gasteiger partial charge in [-0.1, -0.05) is 59.3 Å². The van der Waals surface area contributed by atoms with E-state index in [0.717, 1.165) is 81.5 Å². The van der Waals surface area contributed by atoms with Crippen LogP contribution in [0.4, 0.5) is 0 Å². The van der Waals surface area contributed by atoms with Gasteiger partial charge in [0.2, 0.25) is 5.88 Å². The molecule has 1 aromatic heterocycles. The summed E-state index contributed by atoms with van der Waals surface area (Å²) in [5.41, 5.74) is 3.69. The number of rotatable bonds is 8. The first-order chi connectivity index (χ1) is 16.7. The Morgan fingerprint density at radius 1 is 1.03 bits per heavy atom. The third-order valence-electron chi connectivity index (χ3n) is 6.75. The number of aryl methyl sites for hydroxylation is 1. The van der Waals surface area contributed by atoms with Gasteiger partial charge in [0, 0.05) is 44.6 Å². The second kappa shape index (κ2) is 10.8. The van der Waals surface area contributed by atoms with Crippen LogP contribution in [0, 0.1) is 6.92 Å². The van der Waals surface area contributed by atoms with E-state index < -0.39 is 0 Å². The maximum absolute atomic E-state index is 5.94. The van der Waals surface area contributed by atoms with Crippen LogP contribution in [0.25, 0.3) is 0 Å². The molecule has 6 nitrogen and oxygen atoms in total. The number of nitrogens with zero attached hydrogens (tertiary/aromatic N) is 3. The zero-order chi connectivity index (χ0) is 23.2. The van der Waals surface area contributed by atoms with Crippen LogP contribution in [0.15, 0.2) is 88.9 Å². The molecule has 34 heavy (non-hydrogen) atoms. The van der Waals surface area contributed by atoms with Gasteiger partial charge in [0.15, 0.2) is 6.26 Å². The SMILES string of the molecule is Cc1cc(C(CCN2CCN(C3=COC(CC4=CC=CCC4)=CO3)CC2)c2ccccc2)no1. The molecule has 1 atom stereocenters. The first-order valence-electron chi connectivity index (χ1n) is 12.3. The number of hydrogen-bond acceptors (Lipinski definition) is 6. The van der Waals surface area contributed by atoms with Gasteiger partial charge in [0.05, 0.1) is 5.69 Å². The van der Waals surface area contributed by atoms with Crippen LogP contribution in [0.2, 0.25) is 0 Å². The minimum absolute atomic E-state index is 0.243. The van der Waals surface area contributed by atoms with Crippen molar-refractivity contribution in [2.45, 2.75) is 38.5 Å². The molecule has 0 N–H and O–H groups in total. The molecule has 3 heterocycles. The number of aromatic nitrogens is 1. The van der Waals surface area contributed by atoms with Crippen LogP contribution >= 0.6 is 0 Å². The van der Waals surface area contributed by atoms with E-state index in [4.69, 9.17) is 14.0 Å². The first-order valence-corrected chi connectivity index (χ1v) is 12.3. The zero-order valence-electron chi connectivity index (χ0n) is 19.9. The van der Waals surface area contributed by atoms with E-state index in [1.807, 2.05) is 6.92 Å². The maximum Gasteiger partial charge on any atom is 0.231 e. The number of ether oxygens (including phenoxy) is 2. The number of hydrogen-bond donors (Lipinski definition) is 0. The lowest BCUT2D eigenvalue weighted by molar-refractivity contribution is 0.0819. The molecule has 2 aliphatic heterocycles. The second-order valence-electron chi connectivity index (χ2n) is 9.19. The summed E-state index contributed by atoms with van der Waals surface area (Å²) in [7, 11) is 0. The third kappa shape index (κ3) is 5.62. The molecule has 0 radical (unpaired) electrons. The standard InChI is InChI=1S/C28H33N3O3/c1-22-18-27(29-34-22)26(24-10-6-3-7-11-24)12-13-30-14-16-31(17-15-30)28-21-32-25(20-33-28)19-23-8-4-2-5-9-23/h2-4,6-8,10-11,18,20-21,26H,5,9,12-17,19H2,1H3. The molecule has 1 saturated heterocycles. The average Bonchev–Trinajstić information content (AvgIpc) is 3.32. The molecular formula is C28H33N3O3. The molecule has 5 rings (SSSR count). The summed E-state index contributed by atoms with van der Waals surface area (Å²) < 4.78 is 17.2. The molecule has 1 aromatic carbocycles. The molecule has 0 saturated carbocycles. The fourth-order valence-corrected chi connectivity index (χ4v) is 4.79. The summed E-state index contributed by atoms with van der Waals surface area (Å²) >= 11 is 0. The van der Waals surface area contributed by atoms with Gasteiger partial charge in [0.25, 0.3) is 0 Å². The number of piperazine rings is 1. The van der Waals surface area contributed by atoms with Crippen molar-refractivity contribution in [3.05, 3.63) is 101 Å². The van der Waals surface area contributed by atoms with Gasteiger partial charge in [0.1, 0.15) is 17.8 Å². The van der Waals surface area contributed by atoms with Crippen LogP contribution in [-0.2, 0) is 9.47 Å². The lowest BCUT2D eigenvalue weighted by atomic mass is 9.92. The van der Waals surface area contributed by atoms with E-state index in [1.165, 1.54) is 11.1 Å². The third-order valence-corrected chi connectivity index (χ3v) is 6.75. The van der Waals surface area contributed by atoms with Gasteiger partial charge in [-0.05, 0) is 38.3 Å². The highest BCUT2D eigenvalue weighted by Gasteiger charge is 2.24. The molecule has 1 fully saturated rings. The van der Waals surface area contributed by atoms with Crippen LogP contribution in [0.1, 0.15) is 48.6 Å². The van der Waals surface area contributed by atoms with Gasteiger partial charge in [-0.15, -0.1) is 0 Å². The van der Waals surface area contributed by atoms with Gasteiger partial charge >= 0.3 is 0 Å². The Morgan fingerprint density at radius 2 is 1.88 bits per heavy atom. The molecule has 6 heteroatoms. The van der Waals surface area contributed by atoms with Crippen molar-refractivity contribution in [2.24, 2.45) is 0 Å². The molecule has 3 aliphatic rings. The molecule has 0 bridgehead atoms. The molecule has 1 unspecified atom stereocenters. The Hall–Kier alpha value is -3.25. The Balaban J connectivity index is 1.11. The van der Waals surface area contributed by atoms with Crippen molar-refractivity contribution >= 4 is 0 Å². The molecule has 2 aromatic rings. The highest BCUT2D eigenvalue weighted by molar-refractivity contribution is 5.28. The van der Waals surface area contributed by atoms with E-state index in [0.29, 0.717) is 0 Å². The van der Waals surface area contributed by atoms with E-state index in [9.17, 15) is 0 Å². The summed E-state index contributed by atoms with van der Waals surface area (Å²) in [5.74, 6) is 2.78. The highest BCUT2D eigenvalue weighted by Crippen LogP contribution is 2.29. The summed E-state index contributed by atoms with van der Waals surface area (Å²) in [5, 5.41) is 4.32. The fourth-order valence-electron chi connectivity index (χ4n) is 4.79. The zero-order valence-corrected chi connectivity index (χ0v) is 19.9. The first kappa shape index (κ1) is 22.5. The summed E-state index contributed by atoms with van der Waals surface area (Å²) in [6.45, 7) is 6.81. The van der Waals surface area contributed by atoms with Crippen molar-refractivity contribution in [2.75, 3.05) is 32.7 Å². The lowest BCUT2D eigenvalue weighted by Gasteiger charge is -2.37. The maximum atomic E-state index is 5.94. The van der Waals surface area contributed by atoms with Crippen molar-refractivity contribution in [1.82, 2.24) is 15.0 Å². The quantitative estimate of drug-likeness (QED) is 0.521. The van der Waals surface area contributed by atoms with Gasteiger partial charge in [-0.25, -0.2) is 0 Å². The minimum atomic E-state index is 0.243. The van der Waals surface area contributed by atoms with Crippen molar-refractivity contribution < 1.29 is 14.0 Å². The average molecular weight is 460 g/mol. The van der Waals surface area contributed by atoms with Gasteiger partial charge in [-0.3, -0.25) is 4.90 Å². The molecule has 0 amide bonds.